The Morgan fingerprint density at radius 1 is 1.15 bits per heavy atom. The van der Waals surface area contributed by atoms with Crippen LogP contribution in [0.4, 0.5) is 10.7 Å². The van der Waals surface area contributed by atoms with E-state index in [4.69, 9.17) is 27.4 Å². The summed E-state index contributed by atoms with van der Waals surface area (Å²) in [5.41, 5.74) is 0.996. The summed E-state index contributed by atoms with van der Waals surface area (Å²) in [7, 11) is -4.26. The summed E-state index contributed by atoms with van der Waals surface area (Å²) >= 11 is 12.0. The van der Waals surface area contributed by atoms with E-state index in [0.717, 1.165) is 32.7 Å². The van der Waals surface area contributed by atoms with Crippen LogP contribution in [0.15, 0.2) is 41.3 Å². The molecule has 4 N–H and O–H groups in total. The number of hydrogen-bond acceptors (Lipinski definition) is 7. The lowest BCUT2D eigenvalue weighted by molar-refractivity contribution is 0.233. The zero-order valence-corrected chi connectivity index (χ0v) is 19.7. The van der Waals surface area contributed by atoms with Gasteiger partial charge in [-0.2, -0.15) is 8.42 Å². The highest BCUT2D eigenvalue weighted by Crippen LogP contribution is 2.32. The van der Waals surface area contributed by atoms with Crippen LogP contribution in [0, 0.1) is 0 Å². The molecular formula is C20H22Cl2N6O4S. The zero-order chi connectivity index (χ0) is 23.4. The number of aromatic nitrogens is 2. The molecule has 0 saturated carbocycles. The van der Waals surface area contributed by atoms with Gasteiger partial charge in [-0.3, -0.25) is 10.2 Å². The molecule has 1 saturated heterocycles. The minimum Gasteiger partial charge on any atom is -0.379 e. The molecule has 2 heterocycles. The van der Waals surface area contributed by atoms with E-state index < -0.39 is 16.1 Å². The second-order valence-electron chi connectivity index (χ2n) is 7.33. The van der Waals surface area contributed by atoms with E-state index in [2.05, 4.69) is 30.8 Å². The van der Waals surface area contributed by atoms with Gasteiger partial charge >= 0.3 is 16.1 Å². The van der Waals surface area contributed by atoms with Crippen molar-refractivity contribution in [3.63, 3.8) is 0 Å². The van der Waals surface area contributed by atoms with Gasteiger partial charge < -0.3 is 19.8 Å². The number of carbonyl (C=O) groups is 1. The molecule has 2 aromatic carbocycles. The fraction of sp³-hybridized carbons (Fsp3) is 0.300. The van der Waals surface area contributed by atoms with E-state index in [-0.39, 0.29) is 26.6 Å². The first kappa shape index (κ1) is 23.6. The molecule has 0 atom stereocenters. The van der Waals surface area contributed by atoms with Crippen molar-refractivity contribution in [2.75, 3.05) is 44.6 Å². The first-order valence-corrected chi connectivity index (χ1v) is 12.3. The van der Waals surface area contributed by atoms with Crippen LogP contribution in [-0.4, -0.2) is 68.6 Å². The van der Waals surface area contributed by atoms with Crippen molar-refractivity contribution in [3.05, 3.63) is 46.4 Å². The Morgan fingerprint density at radius 2 is 1.88 bits per heavy atom. The zero-order valence-electron chi connectivity index (χ0n) is 17.4. The minimum absolute atomic E-state index is 0.0250. The number of amides is 2. The highest BCUT2D eigenvalue weighted by molar-refractivity contribution is 7.87. The van der Waals surface area contributed by atoms with Gasteiger partial charge in [-0.05, 0) is 24.3 Å². The maximum Gasteiger partial charge on any atom is 0.342 e. The number of fused-ring (bicyclic) bond motifs is 1. The number of anilines is 1. The third-order valence-corrected chi connectivity index (χ3v) is 7.19. The second-order valence-corrected chi connectivity index (χ2v) is 9.62. The van der Waals surface area contributed by atoms with Gasteiger partial charge in [0.1, 0.15) is 10.6 Å². The van der Waals surface area contributed by atoms with Crippen LogP contribution in [0.3, 0.4) is 0 Å². The van der Waals surface area contributed by atoms with Gasteiger partial charge in [-0.15, -0.1) is 0 Å². The first-order chi connectivity index (χ1) is 15.8. The van der Waals surface area contributed by atoms with Gasteiger partial charge in [0.2, 0.25) is 5.95 Å². The van der Waals surface area contributed by atoms with E-state index in [0.29, 0.717) is 17.6 Å². The number of benzene rings is 2. The number of H-pyrrole nitrogens is 1. The van der Waals surface area contributed by atoms with E-state index >= 15 is 0 Å². The molecule has 3 aromatic rings. The Hall–Kier alpha value is -2.57. The molecule has 0 spiro atoms. The lowest BCUT2D eigenvalue weighted by atomic mass is 10.3. The Kier molecular flexibility index (Phi) is 7.25. The van der Waals surface area contributed by atoms with Crippen molar-refractivity contribution in [2.24, 2.45) is 0 Å². The molecule has 33 heavy (non-hydrogen) atoms. The van der Waals surface area contributed by atoms with Crippen molar-refractivity contribution in [2.45, 2.75) is 4.90 Å². The van der Waals surface area contributed by atoms with Crippen LogP contribution < -0.4 is 20.1 Å². The van der Waals surface area contributed by atoms with E-state index in [1.807, 2.05) is 0 Å². The smallest absolute Gasteiger partial charge is 0.342 e. The summed E-state index contributed by atoms with van der Waals surface area (Å²) in [6, 6.07) is 8.45. The average Bonchev–Trinajstić information content (AvgIpc) is 3.15. The number of piperazine rings is 1. The number of nitrogens with zero attached hydrogens (tertiary/aromatic N) is 2. The van der Waals surface area contributed by atoms with Crippen molar-refractivity contribution in [1.82, 2.24) is 25.5 Å². The highest BCUT2D eigenvalue weighted by Gasteiger charge is 2.24. The third-order valence-electron chi connectivity index (χ3n) is 4.98. The van der Waals surface area contributed by atoms with Gasteiger partial charge in [0.25, 0.3) is 0 Å². The van der Waals surface area contributed by atoms with E-state index in [9.17, 15) is 13.2 Å². The summed E-state index contributed by atoms with van der Waals surface area (Å²) in [4.78, 5) is 21.4. The molecule has 1 aliphatic heterocycles. The molecule has 176 valence electrons. The summed E-state index contributed by atoms with van der Waals surface area (Å²) < 4.78 is 30.5. The average molecular weight is 513 g/mol. The molecule has 13 heteroatoms. The molecular weight excluding hydrogens is 491 g/mol. The van der Waals surface area contributed by atoms with Crippen molar-refractivity contribution in [3.8, 4) is 5.75 Å². The number of urea groups is 1. The maximum absolute atomic E-state index is 12.7. The van der Waals surface area contributed by atoms with Crippen LogP contribution in [0.2, 0.25) is 10.0 Å². The SMILES string of the molecule is O=C(NCCN1CCNCC1)Nc1nc2cc(OS(=O)(=O)c3c(Cl)cccc3Cl)ccc2[nH]1. The molecule has 1 aliphatic rings. The summed E-state index contributed by atoms with van der Waals surface area (Å²) in [5, 5.41) is 8.62. The van der Waals surface area contributed by atoms with Crippen molar-refractivity contribution >= 4 is 56.3 Å². The number of hydrogen-bond donors (Lipinski definition) is 4. The summed E-state index contributed by atoms with van der Waals surface area (Å²) in [6.07, 6.45) is 0. The molecule has 1 aromatic heterocycles. The fourth-order valence-electron chi connectivity index (χ4n) is 3.40. The fourth-order valence-corrected chi connectivity index (χ4v) is 5.42. The van der Waals surface area contributed by atoms with Crippen LogP contribution in [0.25, 0.3) is 11.0 Å². The molecule has 10 nitrogen and oxygen atoms in total. The predicted molar refractivity (Wildman–Crippen MR) is 127 cm³/mol. The number of carbonyl (C=O) groups excluding carboxylic acids is 1. The van der Waals surface area contributed by atoms with Gasteiger partial charge in [0.05, 0.1) is 21.1 Å². The van der Waals surface area contributed by atoms with Crippen molar-refractivity contribution < 1.29 is 17.4 Å². The molecule has 0 aliphatic carbocycles. The topological polar surface area (TPSA) is 128 Å². The second kappa shape index (κ2) is 10.1. The third kappa shape index (κ3) is 5.87. The van der Waals surface area contributed by atoms with Gasteiger partial charge in [0.15, 0.2) is 0 Å². The van der Waals surface area contributed by atoms with Crippen molar-refractivity contribution in [1.29, 1.82) is 0 Å². The van der Waals surface area contributed by atoms with Gasteiger partial charge in [-0.25, -0.2) is 9.78 Å². The molecule has 0 radical (unpaired) electrons. The Morgan fingerprint density at radius 3 is 2.61 bits per heavy atom. The van der Waals surface area contributed by atoms with Crippen LogP contribution >= 0.6 is 23.2 Å². The highest BCUT2D eigenvalue weighted by atomic mass is 35.5. The molecule has 0 unspecified atom stereocenters. The van der Waals surface area contributed by atoms with Gasteiger partial charge in [0, 0.05) is 45.3 Å². The predicted octanol–water partition coefficient (Wildman–Crippen LogP) is 2.66. The molecule has 4 rings (SSSR count). The van der Waals surface area contributed by atoms with E-state index in [1.165, 1.54) is 30.3 Å². The molecule has 1 fully saturated rings. The number of rotatable bonds is 7. The standard InChI is InChI=1S/C20H22Cl2N6O4S/c21-14-2-1-3-15(22)18(14)33(30,31)32-13-4-5-16-17(12-13)26-19(25-16)27-20(29)24-8-11-28-9-6-23-7-10-28/h1-5,12,23H,6-11H2,(H3,24,25,26,27,29). The quantitative estimate of drug-likeness (QED) is 0.358. The van der Waals surface area contributed by atoms with Gasteiger partial charge in [-0.1, -0.05) is 29.3 Å². The van der Waals surface area contributed by atoms with Crippen LogP contribution in [0.5, 0.6) is 5.75 Å². The first-order valence-electron chi connectivity index (χ1n) is 10.2. The Balaban J connectivity index is 1.39. The molecule has 0 bridgehead atoms. The lowest BCUT2D eigenvalue weighted by Gasteiger charge is -2.27. The van der Waals surface area contributed by atoms with E-state index in [1.54, 1.807) is 6.07 Å². The molecule has 2 amide bonds. The summed E-state index contributed by atoms with van der Waals surface area (Å²) in [5.74, 6) is 0.246. The summed E-state index contributed by atoms with van der Waals surface area (Å²) in [6.45, 7) is 5.07. The van der Waals surface area contributed by atoms with Crippen LogP contribution in [-0.2, 0) is 10.1 Å². The maximum atomic E-state index is 12.7. The largest absolute Gasteiger partial charge is 0.379 e. The number of nitrogens with one attached hydrogen (secondary N) is 4. The Bertz CT molecular complexity index is 1240. The van der Waals surface area contributed by atoms with Crippen LogP contribution in [0.1, 0.15) is 0 Å². The number of halogens is 2. The monoisotopic (exact) mass is 512 g/mol. The lowest BCUT2D eigenvalue weighted by Crippen LogP contribution is -2.46. The number of aromatic amines is 1. The number of imidazole rings is 1. The minimum atomic E-state index is -4.26. The normalized spacial score (nSPS) is 14.8. The Labute approximate surface area is 200 Å².